The van der Waals surface area contributed by atoms with Gasteiger partial charge >= 0.3 is 0 Å². The number of rotatable bonds is 5. The summed E-state index contributed by atoms with van der Waals surface area (Å²) in [6, 6.07) is 6.33. The molecule has 0 bridgehead atoms. The number of aromatic amines is 1. The molecule has 0 aliphatic carbocycles. The number of aryl methyl sites for hydroxylation is 1. The van der Waals surface area contributed by atoms with Gasteiger partial charge in [-0.05, 0) is 36.5 Å². The average Bonchev–Trinajstić information content (AvgIpc) is 2.81. The van der Waals surface area contributed by atoms with Gasteiger partial charge in [-0.1, -0.05) is 26.0 Å². The Kier molecular flexibility index (Phi) is 7.01. The molecule has 2 aromatic rings. The van der Waals surface area contributed by atoms with Crippen molar-refractivity contribution in [2.75, 3.05) is 13.1 Å². The standard InChI is InChI=1S/C16H24N4.HI/c1-11(2)9-20-16(17)18-8-7-13-10-19-14-6-4-5-12(3)15(13)14;/h4-6,10-11,19H,7-9H2,1-3H3,(H3,17,18,20);1H. The molecule has 4 nitrogen and oxygen atoms in total. The Labute approximate surface area is 143 Å². The molecule has 0 saturated heterocycles. The Morgan fingerprint density at radius 3 is 2.86 bits per heavy atom. The second-order valence-electron chi connectivity index (χ2n) is 5.61. The summed E-state index contributed by atoms with van der Waals surface area (Å²) < 4.78 is 0. The number of nitrogens with one attached hydrogen (secondary N) is 2. The molecule has 1 aromatic carbocycles. The van der Waals surface area contributed by atoms with E-state index in [-0.39, 0.29) is 24.0 Å². The van der Waals surface area contributed by atoms with Crippen molar-refractivity contribution in [3.05, 3.63) is 35.5 Å². The van der Waals surface area contributed by atoms with E-state index in [9.17, 15) is 0 Å². The van der Waals surface area contributed by atoms with Crippen LogP contribution >= 0.6 is 24.0 Å². The molecule has 0 amide bonds. The maximum absolute atomic E-state index is 5.84. The predicted molar refractivity (Wildman–Crippen MR) is 101 cm³/mol. The van der Waals surface area contributed by atoms with Crippen LogP contribution < -0.4 is 11.1 Å². The molecule has 1 heterocycles. The van der Waals surface area contributed by atoms with E-state index in [0.717, 1.165) is 19.5 Å². The summed E-state index contributed by atoms with van der Waals surface area (Å²) in [5.74, 6) is 1.07. The van der Waals surface area contributed by atoms with Gasteiger partial charge in [0.25, 0.3) is 0 Å². The molecule has 2 rings (SSSR count). The minimum Gasteiger partial charge on any atom is -0.370 e. The van der Waals surface area contributed by atoms with Crippen LogP contribution in [0.1, 0.15) is 25.0 Å². The molecule has 0 radical (unpaired) electrons. The summed E-state index contributed by atoms with van der Waals surface area (Å²) >= 11 is 0. The zero-order valence-corrected chi connectivity index (χ0v) is 15.3. The number of hydrogen-bond donors (Lipinski definition) is 3. The lowest BCUT2D eigenvalue weighted by Gasteiger charge is -2.07. The zero-order chi connectivity index (χ0) is 14.5. The average molecular weight is 400 g/mol. The van der Waals surface area contributed by atoms with E-state index in [0.29, 0.717) is 11.9 Å². The maximum atomic E-state index is 5.84. The molecule has 0 aliphatic heterocycles. The number of H-pyrrole nitrogens is 1. The van der Waals surface area contributed by atoms with Crippen molar-refractivity contribution in [1.82, 2.24) is 10.3 Å². The van der Waals surface area contributed by atoms with Gasteiger partial charge in [0.15, 0.2) is 5.96 Å². The van der Waals surface area contributed by atoms with Crippen molar-refractivity contribution in [1.29, 1.82) is 0 Å². The molecular formula is C16H25IN4. The first-order valence-corrected chi connectivity index (χ1v) is 7.17. The van der Waals surface area contributed by atoms with Gasteiger partial charge in [-0.3, -0.25) is 4.99 Å². The number of nitrogens with zero attached hydrogens (tertiary/aromatic N) is 1. The summed E-state index contributed by atoms with van der Waals surface area (Å²) in [4.78, 5) is 7.62. The normalized spacial score (nSPS) is 11.7. The molecule has 0 unspecified atom stereocenters. The molecule has 0 fully saturated rings. The van der Waals surface area contributed by atoms with E-state index < -0.39 is 0 Å². The minimum absolute atomic E-state index is 0. The molecule has 1 aromatic heterocycles. The molecule has 0 spiro atoms. The topological polar surface area (TPSA) is 66.2 Å². The number of hydrogen-bond acceptors (Lipinski definition) is 1. The van der Waals surface area contributed by atoms with Crippen molar-refractivity contribution in [3.63, 3.8) is 0 Å². The lowest BCUT2D eigenvalue weighted by Crippen LogP contribution is -2.33. The Morgan fingerprint density at radius 1 is 1.38 bits per heavy atom. The fraction of sp³-hybridized carbons (Fsp3) is 0.438. The van der Waals surface area contributed by atoms with Gasteiger partial charge in [0.1, 0.15) is 0 Å². The quantitative estimate of drug-likeness (QED) is 0.410. The highest BCUT2D eigenvalue weighted by molar-refractivity contribution is 14.0. The highest BCUT2D eigenvalue weighted by Gasteiger charge is 2.05. The van der Waals surface area contributed by atoms with Crippen LogP contribution in [0.4, 0.5) is 0 Å². The highest BCUT2D eigenvalue weighted by atomic mass is 127. The van der Waals surface area contributed by atoms with Crippen molar-refractivity contribution < 1.29 is 0 Å². The Morgan fingerprint density at radius 2 is 2.14 bits per heavy atom. The van der Waals surface area contributed by atoms with Crippen molar-refractivity contribution in [2.24, 2.45) is 16.6 Å². The number of fused-ring (bicyclic) bond motifs is 1. The largest absolute Gasteiger partial charge is 0.370 e. The van der Waals surface area contributed by atoms with Gasteiger partial charge in [0.05, 0.1) is 0 Å². The predicted octanol–water partition coefficient (Wildman–Crippen LogP) is 3.20. The number of halogens is 1. The van der Waals surface area contributed by atoms with E-state index in [1.54, 1.807) is 0 Å². The van der Waals surface area contributed by atoms with Crippen LogP contribution in [0.5, 0.6) is 0 Å². The van der Waals surface area contributed by atoms with Gasteiger partial charge in [0.2, 0.25) is 0 Å². The monoisotopic (exact) mass is 400 g/mol. The zero-order valence-electron chi connectivity index (χ0n) is 12.9. The first-order chi connectivity index (χ1) is 9.58. The van der Waals surface area contributed by atoms with E-state index in [1.807, 2.05) is 0 Å². The first-order valence-electron chi connectivity index (χ1n) is 7.17. The SMILES string of the molecule is Cc1cccc2[nH]cc(CCNC(N)=NCC(C)C)c12.I. The highest BCUT2D eigenvalue weighted by Crippen LogP contribution is 2.22. The molecule has 5 heteroatoms. The lowest BCUT2D eigenvalue weighted by atomic mass is 10.1. The first kappa shape index (κ1) is 17.8. The van der Waals surface area contributed by atoms with E-state index in [4.69, 9.17) is 5.73 Å². The van der Waals surface area contributed by atoms with Gasteiger partial charge in [-0.15, -0.1) is 24.0 Å². The third kappa shape index (κ3) is 4.91. The van der Waals surface area contributed by atoms with Crippen LogP contribution in [-0.4, -0.2) is 24.0 Å². The number of guanidine groups is 1. The third-order valence-corrected chi connectivity index (χ3v) is 3.32. The summed E-state index contributed by atoms with van der Waals surface area (Å²) in [6.07, 6.45) is 3.02. The van der Waals surface area contributed by atoms with Crippen LogP contribution in [0.3, 0.4) is 0 Å². The number of nitrogens with two attached hydrogens (primary N) is 1. The molecule has 116 valence electrons. The Hall–Kier alpha value is -1.24. The van der Waals surface area contributed by atoms with Gasteiger partial charge in [0, 0.05) is 30.2 Å². The molecule has 21 heavy (non-hydrogen) atoms. The third-order valence-electron chi connectivity index (χ3n) is 3.32. The Bertz CT molecular complexity index is 601. The summed E-state index contributed by atoms with van der Waals surface area (Å²) in [5, 5.41) is 4.50. The smallest absolute Gasteiger partial charge is 0.188 e. The summed E-state index contributed by atoms with van der Waals surface area (Å²) in [6.45, 7) is 7.97. The minimum atomic E-state index is 0. The van der Waals surface area contributed by atoms with Gasteiger partial charge < -0.3 is 16.0 Å². The van der Waals surface area contributed by atoms with Gasteiger partial charge in [-0.2, -0.15) is 0 Å². The number of aromatic nitrogens is 1. The fourth-order valence-corrected chi connectivity index (χ4v) is 2.31. The van der Waals surface area contributed by atoms with Crippen LogP contribution in [-0.2, 0) is 6.42 Å². The van der Waals surface area contributed by atoms with Crippen molar-refractivity contribution >= 4 is 40.8 Å². The summed E-state index contributed by atoms with van der Waals surface area (Å²) in [5.41, 5.74) is 9.66. The van der Waals surface area contributed by atoms with Crippen molar-refractivity contribution in [3.8, 4) is 0 Å². The molecular weight excluding hydrogens is 375 g/mol. The summed E-state index contributed by atoms with van der Waals surface area (Å²) in [7, 11) is 0. The Balaban J connectivity index is 0.00000220. The number of benzene rings is 1. The van der Waals surface area contributed by atoms with E-state index in [2.05, 4.69) is 60.5 Å². The maximum Gasteiger partial charge on any atom is 0.188 e. The van der Waals surface area contributed by atoms with Crippen LogP contribution in [0.25, 0.3) is 10.9 Å². The van der Waals surface area contributed by atoms with Crippen LogP contribution in [0.2, 0.25) is 0 Å². The lowest BCUT2D eigenvalue weighted by molar-refractivity contribution is 0.661. The molecule has 0 aliphatic rings. The fourth-order valence-electron chi connectivity index (χ4n) is 2.31. The van der Waals surface area contributed by atoms with Crippen LogP contribution in [0, 0.1) is 12.8 Å². The second kappa shape index (κ2) is 8.26. The van der Waals surface area contributed by atoms with E-state index in [1.165, 1.54) is 22.0 Å². The van der Waals surface area contributed by atoms with E-state index >= 15 is 0 Å². The molecule has 4 N–H and O–H groups in total. The second-order valence-corrected chi connectivity index (χ2v) is 5.61. The van der Waals surface area contributed by atoms with Crippen LogP contribution in [0.15, 0.2) is 29.4 Å². The number of aliphatic imine (C=N–C) groups is 1. The van der Waals surface area contributed by atoms with Gasteiger partial charge in [-0.25, -0.2) is 0 Å². The van der Waals surface area contributed by atoms with Crippen molar-refractivity contribution in [2.45, 2.75) is 27.2 Å². The molecule has 0 atom stereocenters. The molecule has 0 saturated carbocycles.